The largest absolute Gasteiger partial charge is 0.367 e. The van der Waals surface area contributed by atoms with E-state index in [0.29, 0.717) is 0 Å². The van der Waals surface area contributed by atoms with Gasteiger partial charge in [-0.3, -0.25) is 9.69 Å². The van der Waals surface area contributed by atoms with Gasteiger partial charge in [0, 0.05) is 45.1 Å². The predicted molar refractivity (Wildman–Crippen MR) is 83.2 cm³/mol. The number of benzene rings is 1. The first-order chi connectivity index (χ1) is 10.2. The Bertz CT molecular complexity index is 598. The maximum Gasteiger partial charge on any atom is 0.255 e. The third kappa shape index (κ3) is 3.34. The number of aromatic amines is 1. The lowest BCUT2D eigenvalue weighted by Crippen LogP contribution is -2.48. The SMILES string of the molecule is Cc1cccc(CN2CCN(C(=O)c3cc[nH]c3)CC2)c1. The smallest absolute Gasteiger partial charge is 0.255 e. The number of rotatable bonds is 3. The number of hydrogen-bond donors (Lipinski definition) is 1. The lowest BCUT2D eigenvalue weighted by Gasteiger charge is -2.34. The molecule has 1 aromatic heterocycles. The molecule has 110 valence electrons. The Labute approximate surface area is 125 Å². The Morgan fingerprint density at radius 3 is 2.67 bits per heavy atom. The third-order valence-corrected chi connectivity index (χ3v) is 3.99. The van der Waals surface area contributed by atoms with Gasteiger partial charge in [0.05, 0.1) is 5.56 Å². The first-order valence-electron chi connectivity index (χ1n) is 7.42. The summed E-state index contributed by atoms with van der Waals surface area (Å²) in [5.74, 6) is 0.131. The van der Waals surface area contributed by atoms with Crippen molar-refractivity contribution in [2.45, 2.75) is 13.5 Å². The Balaban J connectivity index is 1.54. The number of nitrogens with one attached hydrogen (secondary N) is 1. The van der Waals surface area contributed by atoms with Gasteiger partial charge in [-0.25, -0.2) is 0 Å². The summed E-state index contributed by atoms with van der Waals surface area (Å²) in [5, 5.41) is 0. The van der Waals surface area contributed by atoms with Gasteiger partial charge in [-0.15, -0.1) is 0 Å². The molecule has 0 radical (unpaired) electrons. The molecule has 21 heavy (non-hydrogen) atoms. The second kappa shape index (κ2) is 6.14. The maximum absolute atomic E-state index is 12.3. The van der Waals surface area contributed by atoms with E-state index in [1.54, 1.807) is 12.4 Å². The Morgan fingerprint density at radius 1 is 1.19 bits per heavy atom. The van der Waals surface area contributed by atoms with E-state index in [4.69, 9.17) is 0 Å². The van der Waals surface area contributed by atoms with Crippen molar-refractivity contribution < 1.29 is 4.79 Å². The second-order valence-corrected chi connectivity index (χ2v) is 5.66. The number of carbonyl (C=O) groups is 1. The van der Waals surface area contributed by atoms with Crippen LogP contribution >= 0.6 is 0 Å². The zero-order valence-corrected chi connectivity index (χ0v) is 12.4. The minimum Gasteiger partial charge on any atom is -0.367 e. The molecular formula is C17H21N3O. The van der Waals surface area contributed by atoms with Gasteiger partial charge < -0.3 is 9.88 Å². The summed E-state index contributed by atoms with van der Waals surface area (Å²) in [6.45, 7) is 6.56. The van der Waals surface area contributed by atoms with Crippen molar-refractivity contribution in [2.24, 2.45) is 0 Å². The van der Waals surface area contributed by atoms with Crippen LogP contribution in [0.2, 0.25) is 0 Å². The molecule has 1 saturated heterocycles. The molecule has 0 saturated carbocycles. The Kier molecular flexibility index (Phi) is 4.06. The van der Waals surface area contributed by atoms with Crippen LogP contribution in [0.1, 0.15) is 21.5 Å². The summed E-state index contributed by atoms with van der Waals surface area (Å²) in [6, 6.07) is 10.5. The number of amides is 1. The molecule has 0 spiro atoms. The van der Waals surface area contributed by atoms with Gasteiger partial charge in [0.1, 0.15) is 0 Å². The molecule has 1 N–H and O–H groups in total. The summed E-state index contributed by atoms with van der Waals surface area (Å²) in [4.78, 5) is 19.5. The average Bonchev–Trinajstić information content (AvgIpc) is 3.01. The molecule has 3 rings (SSSR count). The van der Waals surface area contributed by atoms with Gasteiger partial charge in [0.2, 0.25) is 0 Å². The van der Waals surface area contributed by atoms with Crippen LogP contribution in [-0.2, 0) is 6.54 Å². The number of aromatic nitrogens is 1. The van der Waals surface area contributed by atoms with Crippen molar-refractivity contribution in [2.75, 3.05) is 26.2 Å². The fourth-order valence-corrected chi connectivity index (χ4v) is 2.82. The molecule has 0 unspecified atom stereocenters. The standard InChI is InChI=1S/C17H21N3O/c1-14-3-2-4-15(11-14)13-19-7-9-20(10-8-19)17(21)16-5-6-18-12-16/h2-6,11-12,18H,7-10,13H2,1H3. The van der Waals surface area contributed by atoms with Gasteiger partial charge >= 0.3 is 0 Å². The van der Waals surface area contributed by atoms with E-state index < -0.39 is 0 Å². The summed E-state index contributed by atoms with van der Waals surface area (Å²) in [6.07, 6.45) is 3.56. The maximum atomic E-state index is 12.3. The first kappa shape index (κ1) is 13.9. The lowest BCUT2D eigenvalue weighted by molar-refractivity contribution is 0.0628. The van der Waals surface area contributed by atoms with Crippen LogP contribution in [-0.4, -0.2) is 46.9 Å². The van der Waals surface area contributed by atoms with Crippen molar-refractivity contribution >= 4 is 5.91 Å². The number of hydrogen-bond acceptors (Lipinski definition) is 2. The molecule has 2 heterocycles. The van der Waals surface area contributed by atoms with Gasteiger partial charge in [-0.1, -0.05) is 29.8 Å². The van der Waals surface area contributed by atoms with E-state index in [1.807, 2.05) is 11.0 Å². The van der Waals surface area contributed by atoms with Gasteiger partial charge in [-0.05, 0) is 18.6 Å². The molecule has 0 aliphatic carbocycles. The molecule has 2 aromatic rings. The lowest BCUT2D eigenvalue weighted by atomic mass is 10.1. The van der Waals surface area contributed by atoms with E-state index >= 15 is 0 Å². The molecule has 1 aliphatic rings. The van der Waals surface area contributed by atoms with Crippen molar-refractivity contribution in [3.63, 3.8) is 0 Å². The topological polar surface area (TPSA) is 39.3 Å². The molecule has 1 aliphatic heterocycles. The van der Waals surface area contributed by atoms with E-state index in [9.17, 15) is 4.79 Å². The molecule has 1 aromatic carbocycles. The first-order valence-corrected chi connectivity index (χ1v) is 7.42. The zero-order valence-electron chi connectivity index (χ0n) is 12.4. The highest BCUT2D eigenvalue weighted by atomic mass is 16.2. The Hall–Kier alpha value is -2.07. The van der Waals surface area contributed by atoms with Crippen molar-refractivity contribution in [3.05, 3.63) is 59.4 Å². The molecule has 0 bridgehead atoms. The number of H-pyrrole nitrogens is 1. The summed E-state index contributed by atoms with van der Waals surface area (Å²) in [5.41, 5.74) is 3.40. The van der Waals surface area contributed by atoms with E-state index in [2.05, 4.69) is 41.1 Å². The minimum absolute atomic E-state index is 0.131. The molecule has 1 fully saturated rings. The zero-order chi connectivity index (χ0) is 14.7. The van der Waals surface area contributed by atoms with E-state index in [0.717, 1.165) is 38.3 Å². The minimum atomic E-state index is 0.131. The van der Waals surface area contributed by atoms with Crippen LogP contribution in [0, 0.1) is 6.92 Å². The van der Waals surface area contributed by atoms with Crippen molar-refractivity contribution in [3.8, 4) is 0 Å². The van der Waals surface area contributed by atoms with Crippen LogP contribution < -0.4 is 0 Å². The van der Waals surface area contributed by atoms with Gasteiger partial charge in [0.25, 0.3) is 5.91 Å². The highest BCUT2D eigenvalue weighted by Crippen LogP contribution is 2.12. The number of nitrogens with zero attached hydrogens (tertiary/aromatic N) is 2. The normalized spacial score (nSPS) is 16.1. The summed E-state index contributed by atoms with van der Waals surface area (Å²) >= 11 is 0. The average molecular weight is 283 g/mol. The number of aryl methyl sites for hydroxylation is 1. The fourth-order valence-electron chi connectivity index (χ4n) is 2.82. The quantitative estimate of drug-likeness (QED) is 0.938. The van der Waals surface area contributed by atoms with E-state index in [1.165, 1.54) is 11.1 Å². The van der Waals surface area contributed by atoms with Crippen LogP contribution in [0.25, 0.3) is 0 Å². The highest BCUT2D eigenvalue weighted by Gasteiger charge is 2.22. The van der Waals surface area contributed by atoms with Crippen LogP contribution in [0.5, 0.6) is 0 Å². The second-order valence-electron chi connectivity index (χ2n) is 5.66. The van der Waals surface area contributed by atoms with Crippen LogP contribution in [0.3, 0.4) is 0 Å². The third-order valence-electron chi connectivity index (χ3n) is 3.99. The van der Waals surface area contributed by atoms with Crippen LogP contribution in [0.15, 0.2) is 42.7 Å². The Morgan fingerprint density at radius 2 is 2.00 bits per heavy atom. The fraction of sp³-hybridized carbons (Fsp3) is 0.353. The molecule has 1 amide bonds. The molecular weight excluding hydrogens is 262 g/mol. The summed E-state index contributed by atoms with van der Waals surface area (Å²) in [7, 11) is 0. The molecule has 4 nitrogen and oxygen atoms in total. The number of piperazine rings is 1. The van der Waals surface area contributed by atoms with Crippen molar-refractivity contribution in [1.29, 1.82) is 0 Å². The van der Waals surface area contributed by atoms with Crippen LogP contribution in [0.4, 0.5) is 0 Å². The predicted octanol–water partition coefficient (Wildman–Crippen LogP) is 2.28. The monoisotopic (exact) mass is 283 g/mol. The summed E-state index contributed by atoms with van der Waals surface area (Å²) < 4.78 is 0. The van der Waals surface area contributed by atoms with E-state index in [-0.39, 0.29) is 5.91 Å². The van der Waals surface area contributed by atoms with Crippen molar-refractivity contribution in [1.82, 2.24) is 14.8 Å². The van der Waals surface area contributed by atoms with Gasteiger partial charge in [0.15, 0.2) is 0 Å². The van der Waals surface area contributed by atoms with Gasteiger partial charge in [-0.2, -0.15) is 0 Å². The molecule has 0 atom stereocenters. The highest BCUT2D eigenvalue weighted by molar-refractivity contribution is 5.94. The number of carbonyl (C=O) groups excluding carboxylic acids is 1. The molecule has 4 heteroatoms.